The Morgan fingerprint density at radius 2 is 2.20 bits per heavy atom. The molecule has 0 amide bonds. The monoisotopic (exact) mass is 276 g/mol. The fraction of sp³-hybridized carbons (Fsp3) is 0.357. The number of anilines is 1. The predicted molar refractivity (Wildman–Crippen MR) is 74.6 cm³/mol. The van der Waals surface area contributed by atoms with Crippen molar-refractivity contribution in [2.45, 2.75) is 18.9 Å². The summed E-state index contributed by atoms with van der Waals surface area (Å²) in [4.78, 5) is 23.4. The molecule has 20 heavy (non-hydrogen) atoms. The first-order valence-corrected chi connectivity index (χ1v) is 6.42. The molecule has 0 radical (unpaired) electrons. The topological polar surface area (TPSA) is 72.7 Å². The molecule has 1 heterocycles. The second-order valence-corrected chi connectivity index (χ2v) is 4.60. The number of non-ortho nitro benzene ring substituents is 1. The molecule has 0 bridgehead atoms. The number of hydrogen-bond donors (Lipinski definition) is 0. The van der Waals surface area contributed by atoms with E-state index in [2.05, 4.69) is 11.5 Å². The van der Waals surface area contributed by atoms with Gasteiger partial charge in [0.05, 0.1) is 11.0 Å². The highest BCUT2D eigenvalue weighted by Gasteiger charge is 2.26. The van der Waals surface area contributed by atoms with Crippen LogP contribution in [0.1, 0.15) is 12.8 Å². The van der Waals surface area contributed by atoms with E-state index in [4.69, 9.17) is 4.74 Å². The first-order valence-electron chi connectivity index (χ1n) is 6.42. The second-order valence-electron chi connectivity index (χ2n) is 4.60. The number of nitro benzene ring substituents is 1. The summed E-state index contributed by atoms with van der Waals surface area (Å²) in [5, 5.41) is 10.6. The summed E-state index contributed by atoms with van der Waals surface area (Å²) in [5.74, 6) is -0.430. The SMILES string of the molecule is C=CC(=O)OC[C@@H]1CCCN1c1ccc([N+](=O)[O-])cc1. The van der Waals surface area contributed by atoms with Crippen LogP contribution in [0.25, 0.3) is 0 Å². The molecule has 1 saturated heterocycles. The van der Waals surface area contributed by atoms with Crippen LogP contribution in [0.15, 0.2) is 36.9 Å². The predicted octanol–water partition coefficient (Wildman–Crippen LogP) is 2.29. The Balaban J connectivity index is 2.04. The number of hydrogen-bond acceptors (Lipinski definition) is 5. The number of rotatable bonds is 5. The van der Waals surface area contributed by atoms with Crippen molar-refractivity contribution >= 4 is 17.3 Å². The molecule has 0 aromatic heterocycles. The van der Waals surface area contributed by atoms with Crippen LogP contribution in [-0.4, -0.2) is 30.1 Å². The van der Waals surface area contributed by atoms with E-state index in [1.165, 1.54) is 12.1 Å². The van der Waals surface area contributed by atoms with Gasteiger partial charge in [0.1, 0.15) is 6.61 Å². The standard InChI is InChI=1S/C14H16N2O4/c1-2-14(17)20-10-13-4-3-9-15(13)11-5-7-12(8-6-11)16(18)19/h2,5-8,13H,1,3-4,9-10H2/t13-/m0/s1. The molecule has 1 aromatic carbocycles. The quantitative estimate of drug-likeness (QED) is 0.357. The van der Waals surface area contributed by atoms with Crippen molar-refractivity contribution in [2.24, 2.45) is 0 Å². The van der Waals surface area contributed by atoms with Crippen LogP contribution in [-0.2, 0) is 9.53 Å². The smallest absolute Gasteiger partial charge is 0.330 e. The highest BCUT2D eigenvalue weighted by molar-refractivity contribution is 5.81. The van der Waals surface area contributed by atoms with Gasteiger partial charge in [-0.3, -0.25) is 10.1 Å². The van der Waals surface area contributed by atoms with Crippen molar-refractivity contribution in [3.63, 3.8) is 0 Å². The number of nitrogens with zero attached hydrogens (tertiary/aromatic N) is 2. The Kier molecular flexibility index (Phi) is 4.34. The first-order chi connectivity index (χ1) is 9.61. The van der Waals surface area contributed by atoms with Crippen LogP contribution in [0.3, 0.4) is 0 Å². The van der Waals surface area contributed by atoms with E-state index in [1.54, 1.807) is 12.1 Å². The van der Waals surface area contributed by atoms with Crippen LogP contribution in [0.4, 0.5) is 11.4 Å². The number of esters is 1. The van der Waals surface area contributed by atoms with E-state index < -0.39 is 10.9 Å². The zero-order valence-corrected chi connectivity index (χ0v) is 11.0. The molecule has 1 aliphatic rings. The van der Waals surface area contributed by atoms with E-state index >= 15 is 0 Å². The molecule has 1 aliphatic heterocycles. The van der Waals surface area contributed by atoms with Gasteiger partial charge in [-0.05, 0) is 25.0 Å². The molecule has 0 unspecified atom stereocenters. The maximum absolute atomic E-state index is 11.1. The largest absolute Gasteiger partial charge is 0.460 e. The van der Waals surface area contributed by atoms with Crippen molar-refractivity contribution in [2.75, 3.05) is 18.1 Å². The molecule has 1 atom stereocenters. The molecular weight excluding hydrogens is 260 g/mol. The van der Waals surface area contributed by atoms with Gasteiger partial charge < -0.3 is 9.64 Å². The minimum atomic E-state index is -0.430. The van der Waals surface area contributed by atoms with Gasteiger partial charge in [0.15, 0.2) is 0 Å². The molecule has 0 spiro atoms. The first kappa shape index (κ1) is 14.0. The van der Waals surface area contributed by atoms with Crippen LogP contribution in [0.2, 0.25) is 0 Å². The summed E-state index contributed by atoms with van der Waals surface area (Å²) in [6, 6.07) is 6.54. The fourth-order valence-electron chi connectivity index (χ4n) is 2.35. The third-order valence-electron chi connectivity index (χ3n) is 3.35. The third-order valence-corrected chi connectivity index (χ3v) is 3.35. The van der Waals surface area contributed by atoms with Crippen molar-refractivity contribution < 1.29 is 14.5 Å². The Labute approximate surface area is 116 Å². The molecule has 0 N–H and O–H groups in total. The third kappa shape index (κ3) is 3.14. The average molecular weight is 276 g/mol. The molecular formula is C14H16N2O4. The van der Waals surface area contributed by atoms with Crippen molar-refractivity contribution in [1.82, 2.24) is 0 Å². The highest BCUT2D eigenvalue weighted by Crippen LogP contribution is 2.27. The summed E-state index contributed by atoms with van der Waals surface area (Å²) in [6.07, 6.45) is 3.08. The number of carbonyl (C=O) groups excluding carboxylic acids is 1. The zero-order chi connectivity index (χ0) is 14.5. The highest BCUT2D eigenvalue weighted by atomic mass is 16.6. The van der Waals surface area contributed by atoms with Gasteiger partial charge in [0.25, 0.3) is 5.69 Å². The van der Waals surface area contributed by atoms with E-state index in [0.717, 1.165) is 31.1 Å². The molecule has 1 aromatic rings. The number of carbonyl (C=O) groups is 1. The molecule has 0 aliphatic carbocycles. The normalized spacial score (nSPS) is 17.8. The number of benzene rings is 1. The Hall–Kier alpha value is -2.37. The van der Waals surface area contributed by atoms with Crippen LogP contribution >= 0.6 is 0 Å². The van der Waals surface area contributed by atoms with E-state index in [1.807, 2.05) is 0 Å². The number of nitro groups is 1. The van der Waals surface area contributed by atoms with E-state index in [9.17, 15) is 14.9 Å². The number of ether oxygens (including phenoxy) is 1. The van der Waals surface area contributed by atoms with Crippen LogP contribution < -0.4 is 4.90 Å². The van der Waals surface area contributed by atoms with Gasteiger partial charge in [0.2, 0.25) is 0 Å². The van der Waals surface area contributed by atoms with Gasteiger partial charge in [0, 0.05) is 30.4 Å². The zero-order valence-electron chi connectivity index (χ0n) is 11.0. The summed E-state index contributed by atoms with van der Waals surface area (Å²) in [6.45, 7) is 4.52. The van der Waals surface area contributed by atoms with Crippen LogP contribution in [0.5, 0.6) is 0 Å². The summed E-state index contributed by atoms with van der Waals surface area (Å²) in [5.41, 5.74) is 0.982. The van der Waals surface area contributed by atoms with Gasteiger partial charge >= 0.3 is 5.97 Å². The fourth-order valence-corrected chi connectivity index (χ4v) is 2.35. The van der Waals surface area contributed by atoms with E-state index in [-0.39, 0.29) is 11.7 Å². The summed E-state index contributed by atoms with van der Waals surface area (Å²) in [7, 11) is 0. The van der Waals surface area contributed by atoms with E-state index in [0.29, 0.717) is 6.61 Å². The van der Waals surface area contributed by atoms with Crippen molar-refractivity contribution in [1.29, 1.82) is 0 Å². The molecule has 2 rings (SSSR count). The van der Waals surface area contributed by atoms with Gasteiger partial charge in [-0.1, -0.05) is 6.58 Å². The maximum atomic E-state index is 11.1. The van der Waals surface area contributed by atoms with Gasteiger partial charge in [-0.25, -0.2) is 4.79 Å². The lowest BCUT2D eigenvalue weighted by atomic mass is 10.2. The molecule has 0 saturated carbocycles. The Morgan fingerprint density at radius 1 is 1.50 bits per heavy atom. The summed E-state index contributed by atoms with van der Waals surface area (Å²) >= 11 is 0. The lowest BCUT2D eigenvalue weighted by Gasteiger charge is -2.26. The maximum Gasteiger partial charge on any atom is 0.330 e. The van der Waals surface area contributed by atoms with Gasteiger partial charge in [-0.15, -0.1) is 0 Å². The Bertz CT molecular complexity index is 512. The molecule has 6 nitrogen and oxygen atoms in total. The summed E-state index contributed by atoms with van der Waals surface area (Å²) < 4.78 is 5.08. The molecule has 1 fully saturated rings. The second kappa shape index (κ2) is 6.18. The van der Waals surface area contributed by atoms with Crippen molar-refractivity contribution in [3.8, 4) is 0 Å². The molecule has 6 heteroatoms. The minimum Gasteiger partial charge on any atom is -0.460 e. The molecule has 106 valence electrons. The average Bonchev–Trinajstić information content (AvgIpc) is 2.93. The lowest BCUT2D eigenvalue weighted by Crippen LogP contribution is -2.33. The van der Waals surface area contributed by atoms with Crippen LogP contribution in [0, 0.1) is 10.1 Å². The van der Waals surface area contributed by atoms with Crippen molar-refractivity contribution in [3.05, 3.63) is 47.0 Å². The minimum absolute atomic E-state index is 0.0718. The Morgan fingerprint density at radius 3 is 2.80 bits per heavy atom. The van der Waals surface area contributed by atoms with Gasteiger partial charge in [-0.2, -0.15) is 0 Å². The lowest BCUT2D eigenvalue weighted by molar-refractivity contribution is -0.384.